The van der Waals surface area contributed by atoms with Crippen LogP contribution >= 0.6 is 0 Å². The van der Waals surface area contributed by atoms with E-state index in [4.69, 9.17) is 0 Å². The van der Waals surface area contributed by atoms with Crippen molar-refractivity contribution in [2.45, 2.75) is 37.0 Å². The fraction of sp³-hybridized carbons (Fsp3) is 1.00. The van der Waals surface area contributed by atoms with Gasteiger partial charge in [0.15, 0.2) is 9.84 Å². The summed E-state index contributed by atoms with van der Waals surface area (Å²) in [4.78, 5) is 0. The van der Waals surface area contributed by atoms with Crippen LogP contribution in [0.3, 0.4) is 0 Å². The second-order valence-electron chi connectivity index (χ2n) is 5.39. The Labute approximate surface area is 115 Å². The summed E-state index contributed by atoms with van der Waals surface area (Å²) in [5.41, 5.74) is 0. The van der Waals surface area contributed by atoms with Crippen LogP contribution in [0.4, 0.5) is 0 Å². The van der Waals surface area contributed by atoms with Crippen molar-refractivity contribution in [3.8, 4) is 0 Å². The molecule has 0 saturated carbocycles. The Kier molecular flexibility index (Phi) is 4.54. The number of piperidine rings is 1. The highest BCUT2D eigenvalue weighted by Crippen LogP contribution is 2.27. The summed E-state index contributed by atoms with van der Waals surface area (Å²) >= 11 is 0. The molecule has 112 valence electrons. The van der Waals surface area contributed by atoms with E-state index in [1.807, 2.05) is 0 Å². The third kappa shape index (κ3) is 3.29. The van der Waals surface area contributed by atoms with Crippen molar-refractivity contribution < 1.29 is 16.8 Å². The first-order valence-corrected chi connectivity index (χ1v) is 10.0. The largest absolute Gasteiger partial charge is 0.318 e. The molecular formula is C11H22N2O4S2. The molecule has 0 aromatic rings. The smallest absolute Gasteiger partial charge is 0.218 e. The minimum Gasteiger partial charge on any atom is -0.318 e. The van der Waals surface area contributed by atoms with E-state index in [9.17, 15) is 16.8 Å². The molecule has 2 unspecified atom stereocenters. The molecule has 0 amide bonds. The van der Waals surface area contributed by atoms with Crippen LogP contribution in [0, 0.1) is 0 Å². The molecule has 0 radical (unpaired) electrons. The summed E-state index contributed by atoms with van der Waals surface area (Å²) in [5, 5.41) is 2.28. The average molecular weight is 310 g/mol. The fourth-order valence-corrected chi connectivity index (χ4v) is 7.72. The van der Waals surface area contributed by atoms with Crippen LogP contribution in [0.2, 0.25) is 0 Å². The number of hydrogen-bond donors (Lipinski definition) is 1. The third-order valence-electron chi connectivity index (χ3n) is 3.95. The lowest BCUT2D eigenvalue weighted by molar-refractivity contribution is 0.247. The lowest BCUT2D eigenvalue weighted by atomic mass is 10.1. The zero-order valence-corrected chi connectivity index (χ0v) is 12.8. The van der Waals surface area contributed by atoms with E-state index >= 15 is 0 Å². The fourth-order valence-electron chi connectivity index (χ4n) is 2.94. The summed E-state index contributed by atoms with van der Waals surface area (Å²) in [6.07, 6.45) is 2.98. The zero-order valence-electron chi connectivity index (χ0n) is 11.2. The van der Waals surface area contributed by atoms with Gasteiger partial charge in [-0.1, -0.05) is 6.42 Å². The minimum absolute atomic E-state index is 0.00142. The Morgan fingerprint density at radius 1 is 1.26 bits per heavy atom. The van der Waals surface area contributed by atoms with Crippen LogP contribution < -0.4 is 5.32 Å². The van der Waals surface area contributed by atoms with Gasteiger partial charge in [-0.05, 0) is 26.3 Å². The van der Waals surface area contributed by atoms with Gasteiger partial charge in [0, 0.05) is 19.1 Å². The highest BCUT2D eigenvalue weighted by Gasteiger charge is 2.43. The number of sulfonamides is 1. The first-order chi connectivity index (χ1) is 8.87. The van der Waals surface area contributed by atoms with Gasteiger partial charge in [-0.3, -0.25) is 0 Å². The van der Waals surface area contributed by atoms with Crippen molar-refractivity contribution >= 4 is 19.9 Å². The normalized spacial score (nSPS) is 32.5. The van der Waals surface area contributed by atoms with Crippen molar-refractivity contribution in [1.82, 2.24) is 9.62 Å². The molecule has 19 heavy (non-hydrogen) atoms. The van der Waals surface area contributed by atoms with E-state index in [-0.39, 0.29) is 24.0 Å². The number of nitrogens with one attached hydrogen (secondary N) is 1. The Morgan fingerprint density at radius 3 is 2.58 bits per heavy atom. The van der Waals surface area contributed by atoms with Gasteiger partial charge in [0.1, 0.15) is 0 Å². The van der Waals surface area contributed by atoms with E-state index in [2.05, 4.69) is 5.32 Å². The molecule has 2 heterocycles. The summed E-state index contributed by atoms with van der Waals surface area (Å²) in [6.45, 7) is 1.14. The van der Waals surface area contributed by atoms with E-state index in [0.29, 0.717) is 13.1 Å². The number of sulfone groups is 1. The maximum atomic E-state index is 12.6. The quantitative estimate of drug-likeness (QED) is 0.762. The van der Waals surface area contributed by atoms with Gasteiger partial charge >= 0.3 is 0 Å². The SMILES string of the molecule is CNCC1CCCCN1S(=O)(=O)C1CCS(=O)(=O)C1. The molecule has 2 aliphatic heterocycles. The Hall–Kier alpha value is -0.180. The van der Waals surface area contributed by atoms with Crippen LogP contribution in [0.25, 0.3) is 0 Å². The summed E-state index contributed by atoms with van der Waals surface area (Å²) in [6, 6.07) is -0.0351. The van der Waals surface area contributed by atoms with E-state index in [1.165, 1.54) is 0 Å². The van der Waals surface area contributed by atoms with E-state index < -0.39 is 25.1 Å². The van der Waals surface area contributed by atoms with Gasteiger partial charge in [0.2, 0.25) is 10.0 Å². The average Bonchev–Trinajstić information content (AvgIpc) is 2.71. The number of likely N-dealkylation sites (N-methyl/N-ethyl adjacent to an activating group) is 1. The predicted molar refractivity (Wildman–Crippen MR) is 74.3 cm³/mol. The molecule has 2 atom stereocenters. The molecule has 6 nitrogen and oxygen atoms in total. The van der Waals surface area contributed by atoms with Crippen molar-refractivity contribution in [1.29, 1.82) is 0 Å². The van der Waals surface area contributed by atoms with Crippen molar-refractivity contribution in [2.24, 2.45) is 0 Å². The molecule has 2 aliphatic rings. The summed E-state index contributed by atoms with van der Waals surface area (Å²) in [5.74, 6) is -0.209. The van der Waals surface area contributed by atoms with Gasteiger partial charge in [-0.25, -0.2) is 16.8 Å². The molecule has 0 spiro atoms. The lowest BCUT2D eigenvalue weighted by Crippen LogP contribution is -2.51. The standard InChI is InChI=1S/C11H22N2O4S2/c1-12-8-10-4-2-3-6-13(10)19(16,17)11-5-7-18(14,15)9-11/h10-12H,2-9H2,1H3. The van der Waals surface area contributed by atoms with Crippen LogP contribution in [-0.4, -0.2) is 64.1 Å². The molecule has 2 rings (SSSR count). The Morgan fingerprint density at radius 2 is 2.00 bits per heavy atom. The van der Waals surface area contributed by atoms with Gasteiger partial charge in [-0.15, -0.1) is 0 Å². The number of hydrogen-bond acceptors (Lipinski definition) is 5. The van der Waals surface area contributed by atoms with Crippen molar-refractivity contribution in [3.05, 3.63) is 0 Å². The monoisotopic (exact) mass is 310 g/mol. The molecule has 2 fully saturated rings. The Balaban J connectivity index is 2.18. The number of nitrogens with zero attached hydrogens (tertiary/aromatic N) is 1. The maximum Gasteiger partial charge on any atom is 0.218 e. The second kappa shape index (κ2) is 5.67. The third-order valence-corrected chi connectivity index (χ3v) is 8.31. The van der Waals surface area contributed by atoms with E-state index in [0.717, 1.165) is 19.3 Å². The topological polar surface area (TPSA) is 83.6 Å². The van der Waals surface area contributed by atoms with Gasteiger partial charge in [0.25, 0.3) is 0 Å². The minimum atomic E-state index is -3.49. The lowest BCUT2D eigenvalue weighted by Gasteiger charge is -2.36. The molecule has 0 aliphatic carbocycles. The van der Waals surface area contributed by atoms with Crippen molar-refractivity contribution in [3.63, 3.8) is 0 Å². The highest BCUT2D eigenvalue weighted by atomic mass is 32.2. The molecule has 0 aromatic heterocycles. The first-order valence-electron chi connectivity index (χ1n) is 6.72. The van der Waals surface area contributed by atoms with Gasteiger partial charge in [0.05, 0.1) is 16.8 Å². The highest BCUT2D eigenvalue weighted by molar-refractivity contribution is 7.95. The van der Waals surface area contributed by atoms with Crippen molar-refractivity contribution in [2.75, 3.05) is 31.6 Å². The number of rotatable bonds is 4. The Bertz CT molecular complexity index is 513. The summed E-state index contributed by atoms with van der Waals surface area (Å²) < 4.78 is 49.7. The molecule has 2 saturated heterocycles. The van der Waals surface area contributed by atoms with Crippen LogP contribution in [0.15, 0.2) is 0 Å². The molecule has 1 N–H and O–H groups in total. The first kappa shape index (κ1) is 15.2. The molecule has 8 heteroatoms. The van der Waals surface area contributed by atoms with Gasteiger partial charge in [-0.2, -0.15) is 4.31 Å². The van der Waals surface area contributed by atoms with Crippen LogP contribution in [0.5, 0.6) is 0 Å². The summed E-state index contributed by atoms with van der Waals surface area (Å²) in [7, 11) is -4.85. The molecule has 0 aromatic carbocycles. The van der Waals surface area contributed by atoms with E-state index in [1.54, 1.807) is 11.4 Å². The second-order valence-corrected chi connectivity index (χ2v) is 9.78. The molecular weight excluding hydrogens is 288 g/mol. The van der Waals surface area contributed by atoms with Crippen LogP contribution in [-0.2, 0) is 19.9 Å². The van der Waals surface area contributed by atoms with Crippen LogP contribution in [0.1, 0.15) is 25.7 Å². The maximum absolute atomic E-state index is 12.6. The predicted octanol–water partition coefficient (Wildman–Crippen LogP) is -0.423. The molecule has 0 bridgehead atoms. The van der Waals surface area contributed by atoms with Gasteiger partial charge < -0.3 is 5.32 Å². The zero-order chi connectivity index (χ0) is 14.1.